The Hall–Kier alpha value is -1.75. The van der Waals surface area contributed by atoms with Gasteiger partial charge < -0.3 is 10.1 Å². The summed E-state index contributed by atoms with van der Waals surface area (Å²) in [5.74, 6) is 0.499. The first-order valence-corrected chi connectivity index (χ1v) is 11.8. The number of fused-ring (bicyclic) bond motifs is 4. The fourth-order valence-electron chi connectivity index (χ4n) is 5.55. The number of nitrogens with zero attached hydrogens (tertiary/aromatic N) is 1. The minimum Gasteiger partial charge on any atom is -0.445 e. The fraction of sp³-hybridized carbons (Fsp3) is 0.480. The van der Waals surface area contributed by atoms with E-state index in [0.29, 0.717) is 16.0 Å². The van der Waals surface area contributed by atoms with Crippen LogP contribution in [-0.2, 0) is 11.2 Å². The van der Waals surface area contributed by atoms with E-state index >= 15 is 0 Å². The highest BCUT2D eigenvalue weighted by Gasteiger charge is 2.42. The number of halogens is 2. The Kier molecular flexibility index (Phi) is 5.44. The van der Waals surface area contributed by atoms with Crippen molar-refractivity contribution in [3.05, 3.63) is 57.6 Å². The third-order valence-corrected chi connectivity index (χ3v) is 7.63. The molecule has 1 N–H and O–H groups in total. The van der Waals surface area contributed by atoms with Crippen LogP contribution in [0, 0.1) is 11.3 Å². The second-order valence-electron chi connectivity index (χ2n) is 9.90. The van der Waals surface area contributed by atoms with Crippen LogP contribution in [0.25, 0.3) is 11.1 Å². The van der Waals surface area contributed by atoms with E-state index < -0.39 is 0 Å². The van der Waals surface area contributed by atoms with Gasteiger partial charge in [-0.3, -0.25) is 4.90 Å². The smallest absolute Gasteiger partial charge is 0.407 e. The van der Waals surface area contributed by atoms with Crippen LogP contribution in [0.1, 0.15) is 43.9 Å². The molecule has 1 aliphatic carbocycles. The van der Waals surface area contributed by atoms with Crippen molar-refractivity contribution in [2.24, 2.45) is 11.3 Å². The minimum atomic E-state index is -0.305. The molecule has 31 heavy (non-hydrogen) atoms. The third kappa shape index (κ3) is 4.18. The molecule has 0 aromatic heterocycles. The van der Waals surface area contributed by atoms with Crippen molar-refractivity contribution in [2.45, 2.75) is 45.3 Å². The summed E-state index contributed by atoms with van der Waals surface area (Å²) in [6, 6.07) is 11.9. The Bertz CT molecular complexity index is 994. The number of alkyl carbamates (subject to hydrolysis) is 1. The van der Waals surface area contributed by atoms with Crippen molar-refractivity contribution in [3.63, 3.8) is 0 Å². The number of carbonyl (C=O) groups excluding carboxylic acids is 1. The van der Waals surface area contributed by atoms with Crippen molar-refractivity contribution in [3.8, 4) is 11.1 Å². The second kappa shape index (κ2) is 7.99. The number of carbonyl (C=O) groups is 1. The topological polar surface area (TPSA) is 41.6 Å². The number of piperidine rings is 3. The predicted octanol–water partition coefficient (Wildman–Crippen LogP) is 6.10. The molecular weight excluding hydrogens is 431 g/mol. The highest BCUT2D eigenvalue weighted by atomic mass is 35.5. The van der Waals surface area contributed by atoms with Crippen molar-refractivity contribution >= 4 is 29.3 Å². The van der Waals surface area contributed by atoms with E-state index in [2.05, 4.69) is 42.3 Å². The van der Waals surface area contributed by atoms with E-state index in [1.165, 1.54) is 5.56 Å². The largest absolute Gasteiger partial charge is 0.445 e. The summed E-state index contributed by atoms with van der Waals surface area (Å²) in [6.07, 6.45) is 2.86. The van der Waals surface area contributed by atoms with Gasteiger partial charge in [-0.1, -0.05) is 49.2 Å². The van der Waals surface area contributed by atoms with E-state index in [1.807, 2.05) is 12.1 Å². The summed E-state index contributed by atoms with van der Waals surface area (Å²) in [5, 5.41) is 4.42. The molecule has 0 radical (unpaired) electrons. The standard InChI is InChI=1S/C25H28Cl2N2O2/c1-25(2)13-17-4-3-16(18-9-19(26)12-20(27)10-18)11-21(17)23(25)28-24(30)31-22-14-29-7-5-15(22)6-8-29/h3-4,9-12,15,22-23H,5-8,13-14H2,1-2H3,(H,28,30)/t22-,23?/m1/s1. The summed E-state index contributed by atoms with van der Waals surface area (Å²) in [6.45, 7) is 7.52. The zero-order valence-electron chi connectivity index (χ0n) is 18.0. The normalized spacial score (nSPS) is 28.3. The van der Waals surface area contributed by atoms with Crippen molar-refractivity contribution in [2.75, 3.05) is 19.6 Å². The van der Waals surface area contributed by atoms with Gasteiger partial charge in [0, 0.05) is 16.6 Å². The highest BCUT2D eigenvalue weighted by molar-refractivity contribution is 6.35. The maximum Gasteiger partial charge on any atom is 0.407 e. The third-order valence-electron chi connectivity index (χ3n) is 7.20. The SMILES string of the molecule is CC1(C)Cc2ccc(-c3cc(Cl)cc(Cl)c3)cc2C1NC(=O)O[C@@H]1CN2CCC1CC2. The summed E-state index contributed by atoms with van der Waals surface area (Å²) in [4.78, 5) is 15.3. The van der Waals surface area contributed by atoms with Gasteiger partial charge in [0.05, 0.1) is 6.04 Å². The van der Waals surface area contributed by atoms with Crippen LogP contribution in [0.4, 0.5) is 4.79 Å². The second-order valence-corrected chi connectivity index (χ2v) is 10.8. The van der Waals surface area contributed by atoms with E-state index in [1.54, 1.807) is 6.07 Å². The molecule has 164 valence electrons. The molecule has 3 aliphatic heterocycles. The van der Waals surface area contributed by atoms with Gasteiger partial charge in [0.2, 0.25) is 0 Å². The fourth-order valence-corrected chi connectivity index (χ4v) is 6.07. The Morgan fingerprint density at radius 3 is 2.42 bits per heavy atom. The first-order chi connectivity index (χ1) is 14.8. The number of benzene rings is 2. The lowest BCUT2D eigenvalue weighted by Gasteiger charge is -2.44. The molecule has 0 saturated carbocycles. The van der Waals surface area contributed by atoms with Gasteiger partial charge in [0.15, 0.2) is 0 Å². The summed E-state index contributed by atoms with van der Waals surface area (Å²) in [7, 11) is 0. The first kappa shape index (κ1) is 21.1. The maximum absolute atomic E-state index is 12.9. The van der Waals surface area contributed by atoms with Gasteiger partial charge in [-0.15, -0.1) is 0 Å². The number of hydrogen-bond donors (Lipinski definition) is 1. The Morgan fingerprint density at radius 2 is 1.77 bits per heavy atom. The maximum atomic E-state index is 12.9. The summed E-state index contributed by atoms with van der Waals surface area (Å²) >= 11 is 12.4. The molecule has 1 amide bonds. The number of rotatable bonds is 3. The molecule has 3 fully saturated rings. The first-order valence-electron chi connectivity index (χ1n) is 11.1. The molecule has 6 rings (SSSR count). The quantitative estimate of drug-likeness (QED) is 0.603. The van der Waals surface area contributed by atoms with Gasteiger partial charge >= 0.3 is 6.09 Å². The van der Waals surface area contributed by atoms with Crippen LogP contribution < -0.4 is 5.32 Å². The highest BCUT2D eigenvalue weighted by Crippen LogP contribution is 2.46. The van der Waals surface area contributed by atoms with Crippen molar-refractivity contribution in [1.82, 2.24) is 10.2 Å². The van der Waals surface area contributed by atoms with Crippen LogP contribution in [-0.4, -0.2) is 36.7 Å². The Morgan fingerprint density at radius 1 is 1.06 bits per heavy atom. The van der Waals surface area contributed by atoms with E-state index in [-0.39, 0.29) is 23.7 Å². The molecule has 1 unspecified atom stereocenters. The number of hydrogen-bond acceptors (Lipinski definition) is 3. The molecule has 3 saturated heterocycles. The molecule has 2 aromatic carbocycles. The summed E-state index contributed by atoms with van der Waals surface area (Å²) < 4.78 is 5.92. The predicted molar refractivity (Wildman–Crippen MR) is 125 cm³/mol. The minimum absolute atomic E-state index is 0.00595. The Labute approximate surface area is 193 Å². The lowest BCUT2D eigenvalue weighted by molar-refractivity contribution is -0.0348. The molecule has 2 aromatic rings. The number of nitrogens with one attached hydrogen (secondary N) is 1. The number of amides is 1. The van der Waals surface area contributed by atoms with Crippen LogP contribution in [0.15, 0.2) is 36.4 Å². The zero-order chi connectivity index (χ0) is 21.8. The van der Waals surface area contributed by atoms with E-state index in [9.17, 15) is 4.79 Å². The molecular formula is C25H28Cl2N2O2. The monoisotopic (exact) mass is 458 g/mol. The van der Waals surface area contributed by atoms with Crippen molar-refractivity contribution < 1.29 is 9.53 Å². The molecule has 2 atom stereocenters. The lowest BCUT2D eigenvalue weighted by atomic mass is 9.85. The molecule has 3 heterocycles. The van der Waals surface area contributed by atoms with E-state index in [0.717, 1.165) is 55.6 Å². The zero-order valence-corrected chi connectivity index (χ0v) is 19.5. The summed E-state index contributed by atoms with van der Waals surface area (Å²) in [5.41, 5.74) is 4.32. The van der Waals surface area contributed by atoms with Crippen molar-refractivity contribution in [1.29, 1.82) is 0 Å². The van der Waals surface area contributed by atoms with Crippen LogP contribution in [0.2, 0.25) is 10.0 Å². The van der Waals surface area contributed by atoms with Gasteiger partial charge in [-0.05, 0) is 90.2 Å². The van der Waals surface area contributed by atoms with Crippen LogP contribution in [0.3, 0.4) is 0 Å². The van der Waals surface area contributed by atoms with Gasteiger partial charge in [0.25, 0.3) is 0 Å². The van der Waals surface area contributed by atoms with Crippen LogP contribution >= 0.6 is 23.2 Å². The van der Waals surface area contributed by atoms with Gasteiger partial charge in [-0.2, -0.15) is 0 Å². The molecule has 2 bridgehead atoms. The average Bonchev–Trinajstić information content (AvgIpc) is 2.97. The molecule has 4 aliphatic rings. The number of ether oxygens (including phenoxy) is 1. The van der Waals surface area contributed by atoms with Crippen LogP contribution in [0.5, 0.6) is 0 Å². The molecule has 0 spiro atoms. The van der Waals surface area contributed by atoms with E-state index in [4.69, 9.17) is 27.9 Å². The Balaban J connectivity index is 1.37. The van der Waals surface area contributed by atoms with Gasteiger partial charge in [0.1, 0.15) is 6.10 Å². The van der Waals surface area contributed by atoms with Gasteiger partial charge in [-0.25, -0.2) is 4.79 Å². The molecule has 6 heteroatoms. The molecule has 4 nitrogen and oxygen atoms in total. The average molecular weight is 459 g/mol. The lowest BCUT2D eigenvalue weighted by Crippen LogP contribution is -2.53.